The summed E-state index contributed by atoms with van der Waals surface area (Å²) >= 11 is 5.60. The largest absolute Gasteiger partial charge is 0.398 e. The standard InChI is InChI=1S/C7H8ClNO2S/c1-12(10,11)7-4-5(8)2-3-6(7)9/h2-4H,9H2,1H3. The first-order valence-corrected chi connectivity index (χ1v) is 5.43. The van der Waals surface area contributed by atoms with Gasteiger partial charge in [0.05, 0.1) is 10.6 Å². The minimum absolute atomic E-state index is 0.0787. The summed E-state index contributed by atoms with van der Waals surface area (Å²) in [5, 5.41) is 0.365. The molecule has 0 aliphatic carbocycles. The number of halogens is 1. The molecule has 0 amide bonds. The highest BCUT2D eigenvalue weighted by Crippen LogP contribution is 2.21. The van der Waals surface area contributed by atoms with Crippen molar-refractivity contribution in [1.82, 2.24) is 0 Å². The quantitative estimate of drug-likeness (QED) is 0.704. The van der Waals surface area contributed by atoms with E-state index in [1.165, 1.54) is 12.1 Å². The third-order valence-corrected chi connectivity index (χ3v) is 2.76. The van der Waals surface area contributed by atoms with Crippen LogP contribution in [0.4, 0.5) is 5.69 Å². The SMILES string of the molecule is CS(=O)(=O)c1cc(Cl)ccc1N. The summed E-state index contributed by atoms with van der Waals surface area (Å²) in [6.45, 7) is 0. The molecule has 0 heterocycles. The molecule has 1 aromatic carbocycles. The fourth-order valence-corrected chi connectivity index (χ4v) is 1.90. The van der Waals surface area contributed by atoms with E-state index >= 15 is 0 Å². The van der Waals surface area contributed by atoms with Gasteiger partial charge in [0.1, 0.15) is 0 Å². The van der Waals surface area contributed by atoms with Crippen molar-refractivity contribution in [2.75, 3.05) is 12.0 Å². The van der Waals surface area contributed by atoms with Crippen molar-refractivity contribution in [3.8, 4) is 0 Å². The Morgan fingerprint density at radius 2 is 2.00 bits per heavy atom. The molecule has 1 aromatic rings. The number of sulfone groups is 1. The van der Waals surface area contributed by atoms with Gasteiger partial charge in [0, 0.05) is 11.3 Å². The topological polar surface area (TPSA) is 60.2 Å². The summed E-state index contributed by atoms with van der Waals surface area (Å²) in [7, 11) is -3.27. The van der Waals surface area contributed by atoms with Gasteiger partial charge < -0.3 is 5.73 Å². The Morgan fingerprint density at radius 3 is 2.42 bits per heavy atom. The molecule has 0 aromatic heterocycles. The van der Waals surface area contributed by atoms with Gasteiger partial charge in [-0.1, -0.05) is 11.6 Å². The van der Waals surface area contributed by atoms with Gasteiger partial charge in [-0.05, 0) is 18.2 Å². The van der Waals surface area contributed by atoms with E-state index in [0.29, 0.717) is 5.02 Å². The summed E-state index contributed by atoms with van der Waals surface area (Å²) < 4.78 is 22.1. The van der Waals surface area contributed by atoms with Crippen LogP contribution in [-0.4, -0.2) is 14.7 Å². The lowest BCUT2D eigenvalue weighted by molar-refractivity contribution is 0.602. The molecule has 1 rings (SSSR count). The third-order valence-electron chi connectivity index (χ3n) is 1.38. The minimum Gasteiger partial charge on any atom is -0.398 e. The molecule has 5 heteroatoms. The first-order valence-electron chi connectivity index (χ1n) is 3.16. The monoisotopic (exact) mass is 205 g/mol. The van der Waals surface area contributed by atoms with Crippen molar-refractivity contribution < 1.29 is 8.42 Å². The Labute approximate surface area is 76.1 Å². The fourth-order valence-electron chi connectivity index (χ4n) is 0.829. The molecule has 3 nitrogen and oxygen atoms in total. The second-order valence-corrected chi connectivity index (χ2v) is 4.87. The Balaban J connectivity index is 3.43. The predicted octanol–water partition coefficient (Wildman–Crippen LogP) is 1.33. The van der Waals surface area contributed by atoms with E-state index in [4.69, 9.17) is 17.3 Å². The number of rotatable bonds is 1. The number of hydrogen-bond acceptors (Lipinski definition) is 3. The highest BCUT2D eigenvalue weighted by atomic mass is 35.5. The molecule has 2 N–H and O–H groups in total. The smallest absolute Gasteiger partial charge is 0.177 e. The summed E-state index contributed by atoms with van der Waals surface area (Å²) in [4.78, 5) is 0.0787. The predicted molar refractivity (Wildman–Crippen MR) is 49.0 cm³/mol. The van der Waals surface area contributed by atoms with Gasteiger partial charge in [-0.2, -0.15) is 0 Å². The van der Waals surface area contributed by atoms with Crippen LogP contribution in [0.3, 0.4) is 0 Å². The van der Waals surface area contributed by atoms with E-state index in [2.05, 4.69) is 0 Å². The first kappa shape index (κ1) is 9.35. The van der Waals surface area contributed by atoms with E-state index in [1.807, 2.05) is 0 Å². The highest BCUT2D eigenvalue weighted by Gasteiger charge is 2.11. The molecule has 0 atom stereocenters. The van der Waals surface area contributed by atoms with Gasteiger partial charge in [0.25, 0.3) is 0 Å². The van der Waals surface area contributed by atoms with Crippen LogP contribution in [0.25, 0.3) is 0 Å². The highest BCUT2D eigenvalue weighted by molar-refractivity contribution is 7.90. The van der Waals surface area contributed by atoms with Crippen LogP contribution in [0.5, 0.6) is 0 Å². The molecule has 0 unspecified atom stereocenters. The lowest BCUT2D eigenvalue weighted by Gasteiger charge is -2.02. The van der Waals surface area contributed by atoms with Gasteiger partial charge >= 0.3 is 0 Å². The van der Waals surface area contributed by atoms with Crippen LogP contribution in [0.15, 0.2) is 23.1 Å². The molecule has 0 aliphatic heterocycles. The molecule has 0 saturated carbocycles. The Kier molecular flexibility index (Phi) is 2.30. The van der Waals surface area contributed by atoms with E-state index in [0.717, 1.165) is 6.26 Å². The molecule has 0 bridgehead atoms. The maximum Gasteiger partial charge on any atom is 0.177 e. The van der Waals surface area contributed by atoms with Gasteiger partial charge in [0.2, 0.25) is 0 Å². The first-order chi connectivity index (χ1) is 5.41. The summed E-state index contributed by atoms with van der Waals surface area (Å²) in [5.74, 6) is 0. The Hall–Kier alpha value is -0.740. The Morgan fingerprint density at radius 1 is 1.42 bits per heavy atom. The van der Waals surface area contributed by atoms with Crippen LogP contribution < -0.4 is 5.73 Å². The minimum atomic E-state index is -3.27. The second-order valence-electron chi connectivity index (χ2n) is 2.45. The maximum atomic E-state index is 11.1. The van der Waals surface area contributed by atoms with Crippen molar-refractivity contribution in [1.29, 1.82) is 0 Å². The maximum absolute atomic E-state index is 11.1. The zero-order valence-electron chi connectivity index (χ0n) is 6.41. The van der Waals surface area contributed by atoms with Gasteiger partial charge in [-0.25, -0.2) is 8.42 Å². The van der Waals surface area contributed by atoms with Crippen molar-refractivity contribution in [3.05, 3.63) is 23.2 Å². The molecule has 0 spiro atoms. The zero-order valence-corrected chi connectivity index (χ0v) is 7.98. The van der Waals surface area contributed by atoms with Gasteiger partial charge in [0.15, 0.2) is 9.84 Å². The van der Waals surface area contributed by atoms with Crippen molar-refractivity contribution in [2.45, 2.75) is 4.90 Å². The summed E-state index contributed by atoms with van der Waals surface area (Å²) in [6, 6.07) is 4.36. The van der Waals surface area contributed by atoms with Crippen LogP contribution in [0.2, 0.25) is 5.02 Å². The van der Waals surface area contributed by atoms with Crippen LogP contribution >= 0.6 is 11.6 Å². The van der Waals surface area contributed by atoms with Crippen LogP contribution in [0, 0.1) is 0 Å². The molecular weight excluding hydrogens is 198 g/mol. The van der Waals surface area contributed by atoms with Crippen LogP contribution in [0.1, 0.15) is 0 Å². The number of nitrogens with two attached hydrogens (primary N) is 1. The lowest BCUT2D eigenvalue weighted by Crippen LogP contribution is -2.01. The van der Waals surface area contributed by atoms with Crippen molar-refractivity contribution >= 4 is 27.1 Å². The molecule has 12 heavy (non-hydrogen) atoms. The van der Waals surface area contributed by atoms with E-state index in [-0.39, 0.29) is 10.6 Å². The molecule has 66 valence electrons. The van der Waals surface area contributed by atoms with Crippen molar-refractivity contribution in [2.24, 2.45) is 0 Å². The van der Waals surface area contributed by atoms with Gasteiger partial charge in [-0.15, -0.1) is 0 Å². The number of hydrogen-bond donors (Lipinski definition) is 1. The zero-order chi connectivity index (χ0) is 9.35. The number of benzene rings is 1. The molecule has 0 radical (unpaired) electrons. The third kappa shape index (κ3) is 1.89. The molecular formula is C7H8ClNO2S. The second kappa shape index (κ2) is 2.95. The Bertz CT molecular complexity index is 400. The van der Waals surface area contributed by atoms with Gasteiger partial charge in [-0.3, -0.25) is 0 Å². The summed E-state index contributed by atoms with van der Waals surface area (Å²) in [6.07, 6.45) is 1.09. The molecule has 0 fully saturated rings. The van der Waals surface area contributed by atoms with Crippen molar-refractivity contribution in [3.63, 3.8) is 0 Å². The fraction of sp³-hybridized carbons (Fsp3) is 0.143. The number of anilines is 1. The molecule has 0 aliphatic rings. The van der Waals surface area contributed by atoms with Crippen LogP contribution in [-0.2, 0) is 9.84 Å². The summed E-state index contributed by atoms with van der Waals surface area (Å²) in [5.41, 5.74) is 5.66. The number of nitrogen functional groups attached to an aromatic ring is 1. The average Bonchev–Trinajstić information content (AvgIpc) is 1.92. The lowest BCUT2D eigenvalue weighted by atomic mass is 10.3. The van der Waals surface area contributed by atoms with E-state index in [1.54, 1.807) is 6.07 Å². The normalized spacial score (nSPS) is 11.5. The average molecular weight is 206 g/mol. The molecule has 0 saturated heterocycles. The van der Waals surface area contributed by atoms with E-state index < -0.39 is 9.84 Å². The van der Waals surface area contributed by atoms with E-state index in [9.17, 15) is 8.42 Å².